The zero-order chi connectivity index (χ0) is 13.8. The average molecular weight is 291 g/mol. The van der Waals surface area contributed by atoms with Gasteiger partial charge in [-0.05, 0) is 19.6 Å². The van der Waals surface area contributed by atoms with Gasteiger partial charge >= 0.3 is 5.97 Å². The minimum Gasteiger partial charge on any atom is -0.481 e. The lowest BCUT2D eigenvalue weighted by Gasteiger charge is -2.31. The standard InChI is InChI=1S/C11H17NO4S2/c1-11(18-17-2,6-5-10(15)16)7-12-8(13)3-4-9(12)14/h3-7H2,1-2H3,(H,15,16). The van der Waals surface area contributed by atoms with Crippen LogP contribution in [0.4, 0.5) is 0 Å². The van der Waals surface area contributed by atoms with E-state index < -0.39 is 10.7 Å². The van der Waals surface area contributed by atoms with Crippen LogP contribution in [0.2, 0.25) is 0 Å². The van der Waals surface area contributed by atoms with Gasteiger partial charge in [0.05, 0.1) is 0 Å². The number of hydrogen-bond acceptors (Lipinski definition) is 5. The van der Waals surface area contributed by atoms with Crippen molar-refractivity contribution in [3.8, 4) is 0 Å². The van der Waals surface area contributed by atoms with Gasteiger partial charge in [0, 0.05) is 30.6 Å². The molecule has 1 saturated heterocycles. The lowest BCUT2D eigenvalue weighted by Crippen LogP contribution is -2.41. The van der Waals surface area contributed by atoms with Crippen LogP contribution in [0.15, 0.2) is 0 Å². The summed E-state index contributed by atoms with van der Waals surface area (Å²) < 4.78 is -0.409. The molecule has 1 atom stereocenters. The van der Waals surface area contributed by atoms with Gasteiger partial charge in [-0.2, -0.15) is 0 Å². The molecule has 1 unspecified atom stereocenters. The van der Waals surface area contributed by atoms with E-state index in [4.69, 9.17) is 5.11 Å². The molecule has 0 aromatic heterocycles. The molecule has 102 valence electrons. The topological polar surface area (TPSA) is 74.7 Å². The molecule has 1 aliphatic heterocycles. The number of carboxylic acid groups (broad SMARTS) is 1. The van der Waals surface area contributed by atoms with Crippen LogP contribution in [0.3, 0.4) is 0 Å². The SMILES string of the molecule is CSSC(C)(CCC(=O)O)CN1C(=O)CCC1=O. The summed E-state index contributed by atoms with van der Waals surface area (Å²) in [4.78, 5) is 35.1. The second kappa shape index (κ2) is 6.47. The number of nitrogens with zero attached hydrogens (tertiary/aromatic N) is 1. The lowest BCUT2D eigenvalue weighted by molar-refractivity contribution is -0.138. The van der Waals surface area contributed by atoms with Crippen molar-refractivity contribution in [1.82, 2.24) is 4.90 Å². The molecule has 1 heterocycles. The maximum atomic E-state index is 11.6. The molecule has 0 spiro atoms. The van der Waals surface area contributed by atoms with Crippen LogP contribution >= 0.6 is 21.6 Å². The van der Waals surface area contributed by atoms with Crippen LogP contribution in [0.25, 0.3) is 0 Å². The third-order valence-corrected chi connectivity index (χ3v) is 5.41. The summed E-state index contributed by atoms with van der Waals surface area (Å²) in [7, 11) is 3.04. The van der Waals surface area contributed by atoms with Crippen LogP contribution in [0.5, 0.6) is 0 Å². The van der Waals surface area contributed by atoms with Gasteiger partial charge in [0.25, 0.3) is 0 Å². The van der Waals surface area contributed by atoms with Crippen molar-refractivity contribution in [3.63, 3.8) is 0 Å². The number of imide groups is 1. The van der Waals surface area contributed by atoms with Crippen molar-refractivity contribution in [2.45, 2.75) is 37.4 Å². The quantitative estimate of drug-likeness (QED) is 0.569. The van der Waals surface area contributed by atoms with Crippen LogP contribution in [0, 0.1) is 0 Å². The fraction of sp³-hybridized carbons (Fsp3) is 0.727. The van der Waals surface area contributed by atoms with Crippen LogP contribution in [-0.4, -0.2) is 45.3 Å². The van der Waals surface area contributed by atoms with Crippen molar-refractivity contribution in [2.75, 3.05) is 12.8 Å². The molecule has 0 saturated carbocycles. The summed E-state index contributed by atoms with van der Waals surface area (Å²) >= 11 is 0. The highest BCUT2D eigenvalue weighted by atomic mass is 33.1. The number of likely N-dealkylation sites (tertiary alicyclic amines) is 1. The second-order valence-electron chi connectivity index (χ2n) is 4.47. The third kappa shape index (κ3) is 4.20. The molecule has 1 fully saturated rings. The Morgan fingerprint density at radius 2 is 1.94 bits per heavy atom. The van der Waals surface area contributed by atoms with Gasteiger partial charge in [0.15, 0.2) is 0 Å². The van der Waals surface area contributed by atoms with E-state index in [9.17, 15) is 14.4 Å². The minimum absolute atomic E-state index is 0.0419. The summed E-state index contributed by atoms with van der Waals surface area (Å²) in [6.45, 7) is 2.19. The highest BCUT2D eigenvalue weighted by molar-refractivity contribution is 8.77. The van der Waals surface area contributed by atoms with E-state index in [1.807, 2.05) is 13.2 Å². The lowest BCUT2D eigenvalue weighted by atomic mass is 10.0. The molecule has 1 rings (SSSR count). The zero-order valence-corrected chi connectivity index (χ0v) is 12.1. The minimum atomic E-state index is -0.859. The van der Waals surface area contributed by atoms with Crippen molar-refractivity contribution >= 4 is 39.4 Å². The van der Waals surface area contributed by atoms with Crippen LogP contribution in [-0.2, 0) is 14.4 Å². The fourth-order valence-electron chi connectivity index (χ4n) is 1.85. The fourth-order valence-corrected chi connectivity index (χ4v) is 4.24. The molecule has 18 heavy (non-hydrogen) atoms. The average Bonchev–Trinajstić information content (AvgIpc) is 2.59. The summed E-state index contributed by atoms with van der Waals surface area (Å²) in [5.41, 5.74) is 0. The predicted molar refractivity (Wildman–Crippen MR) is 72.3 cm³/mol. The van der Waals surface area contributed by atoms with E-state index in [1.165, 1.54) is 26.5 Å². The zero-order valence-electron chi connectivity index (χ0n) is 10.5. The molecule has 2 amide bonds. The molecular formula is C11H17NO4S2. The van der Waals surface area contributed by atoms with E-state index in [2.05, 4.69) is 0 Å². The van der Waals surface area contributed by atoms with Gasteiger partial charge in [-0.1, -0.05) is 21.6 Å². The molecule has 1 N–H and O–H groups in total. The Morgan fingerprint density at radius 3 is 2.39 bits per heavy atom. The van der Waals surface area contributed by atoms with Crippen molar-refractivity contribution in [1.29, 1.82) is 0 Å². The molecule has 5 nitrogen and oxygen atoms in total. The van der Waals surface area contributed by atoms with Gasteiger partial charge in [0.1, 0.15) is 0 Å². The van der Waals surface area contributed by atoms with Gasteiger partial charge in [-0.25, -0.2) is 0 Å². The molecule has 0 aromatic carbocycles. The Labute approximate surface area is 114 Å². The first kappa shape index (κ1) is 15.4. The van der Waals surface area contributed by atoms with Crippen molar-refractivity contribution in [2.24, 2.45) is 0 Å². The maximum absolute atomic E-state index is 11.6. The second-order valence-corrected chi connectivity index (χ2v) is 7.45. The molecule has 1 aliphatic rings. The Balaban J connectivity index is 2.68. The Morgan fingerprint density at radius 1 is 1.39 bits per heavy atom. The van der Waals surface area contributed by atoms with Gasteiger partial charge < -0.3 is 5.11 Å². The summed E-state index contributed by atoms with van der Waals surface area (Å²) in [6.07, 6.45) is 2.93. The van der Waals surface area contributed by atoms with E-state index in [1.54, 1.807) is 0 Å². The third-order valence-electron chi connectivity index (χ3n) is 2.80. The molecular weight excluding hydrogens is 274 g/mol. The Hall–Kier alpha value is -0.690. The maximum Gasteiger partial charge on any atom is 0.303 e. The highest BCUT2D eigenvalue weighted by Gasteiger charge is 2.36. The van der Waals surface area contributed by atoms with E-state index in [-0.39, 0.29) is 31.1 Å². The number of carboxylic acids is 1. The summed E-state index contributed by atoms with van der Waals surface area (Å²) in [5, 5.41) is 8.75. The Bertz CT molecular complexity index is 345. The first-order valence-corrected chi connectivity index (χ1v) is 8.20. The smallest absolute Gasteiger partial charge is 0.303 e. The van der Waals surface area contributed by atoms with Gasteiger partial charge in [-0.3, -0.25) is 19.3 Å². The normalized spacial score (nSPS) is 19.1. The molecule has 0 aliphatic carbocycles. The molecule has 0 bridgehead atoms. The summed E-state index contributed by atoms with van der Waals surface area (Å²) in [6, 6.07) is 0. The van der Waals surface area contributed by atoms with E-state index >= 15 is 0 Å². The van der Waals surface area contributed by atoms with Crippen molar-refractivity contribution in [3.05, 3.63) is 0 Å². The number of hydrogen-bond donors (Lipinski definition) is 1. The first-order chi connectivity index (χ1) is 8.38. The van der Waals surface area contributed by atoms with E-state index in [0.29, 0.717) is 13.0 Å². The Kier molecular flexibility index (Phi) is 5.52. The number of rotatable bonds is 7. The van der Waals surface area contributed by atoms with Crippen LogP contribution in [0.1, 0.15) is 32.6 Å². The largest absolute Gasteiger partial charge is 0.481 e. The molecule has 0 aromatic rings. The molecule has 7 heteroatoms. The number of aliphatic carboxylic acids is 1. The molecule has 0 radical (unpaired) electrons. The van der Waals surface area contributed by atoms with Crippen molar-refractivity contribution < 1.29 is 19.5 Å². The van der Waals surface area contributed by atoms with Gasteiger partial charge in [-0.15, -0.1) is 0 Å². The summed E-state index contributed by atoms with van der Waals surface area (Å²) in [5.74, 6) is -1.16. The predicted octanol–water partition coefficient (Wildman–Crippen LogP) is 1.77. The van der Waals surface area contributed by atoms with E-state index in [0.717, 1.165) is 0 Å². The monoisotopic (exact) mass is 291 g/mol. The van der Waals surface area contributed by atoms with Crippen LogP contribution < -0.4 is 0 Å². The number of carbonyl (C=O) groups excluding carboxylic acids is 2. The van der Waals surface area contributed by atoms with Gasteiger partial charge in [0.2, 0.25) is 11.8 Å². The number of amides is 2. The highest BCUT2D eigenvalue weighted by Crippen LogP contribution is 2.39. The first-order valence-electron chi connectivity index (χ1n) is 5.65. The number of carbonyl (C=O) groups is 3.